The van der Waals surface area contributed by atoms with Gasteiger partial charge in [0.05, 0.1) is 6.04 Å². The van der Waals surface area contributed by atoms with Gasteiger partial charge in [0.1, 0.15) is 6.61 Å². The molecule has 0 aliphatic heterocycles. The van der Waals surface area contributed by atoms with Gasteiger partial charge in [-0.25, -0.2) is 0 Å². The summed E-state index contributed by atoms with van der Waals surface area (Å²) in [7, 11) is 1.52. The number of nitrogens with one attached hydrogen (secondary N) is 1. The lowest BCUT2D eigenvalue weighted by Gasteiger charge is -2.18. The lowest BCUT2D eigenvalue weighted by atomic mass is 10.0. The van der Waals surface area contributed by atoms with Crippen LogP contribution >= 0.6 is 15.9 Å². The molecule has 0 radical (unpaired) electrons. The normalized spacial score (nSPS) is 16.6. The van der Waals surface area contributed by atoms with Crippen LogP contribution in [-0.2, 0) is 9.53 Å². The smallest absolute Gasteiger partial charge is 0.246 e. The molecule has 1 aromatic heterocycles. The van der Waals surface area contributed by atoms with Crippen LogP contribution in [0.25, 0.3) is 0 Å². The molecule has 1 aliphatic rings. The average molecular weight is 299 g/mol. The van der Waals surface area contributed by atoms with Crippen molar-refractivity contribution in [2.24, 2.45) is 5.92 Å². The van der Waals surface area contributed by atoms with Crippen LogP contribution < -0.4 is 5.32 Å². The number of nitrogens with zero attached hydrogens (tertiary/aromatic N) is 1. The van der Waals surface area contributed by atoms with E-state index in [0.717, 1.165) is 22.9 Å². The fraction of sp³-hybridized carbons (Fsp3) is 0.500. The number of halogens is 1. The van der Waals surface area contributed by atoms with Crippen molar-refractivity contribution in [2.75, 3.05) is 13.7 Å². The Morgan fingerprint density at radius 1 is 1.65 bits per heavy atom. The van der Waals surface area contributed by atoms with Gasteiger partial charge >= 0.3 is 0 Å². The van der Waals surface area contributed by atoms with Crippen molar-refractivity contribution in [2.45, 2.75) is 18.9 Å². The van der Waals surface area contributed by atoms with Gasteiger partial charge in [0.15, 0.2) is 0 Å². The summed E-state index contributed by atoms with van der Waals surface area (Å²) >= 11 is 3.40. The molecule has 0 unspecified atom stereocenters. The largest absolute Gasteiger partial charge is 0.375 e. The van der Waals surface area contributed by atoms with Crippen molar-refractivity contribution in [3.05, 3.63) is 28.5 Å². The monoisotopic (exact) mass is 298 g/mol. The summed E-state index contributed by atoms with van der Waals surface area (Å²) in [5.74, 6) is 0.455. The van der Waals surface area contributed by atoms with Crippen molar-refractivity contribution >= 4 is 21.8 Å². The molecular formula is C12H15BrN2O2. The number of carbonyl (C=O) groups excluding carboxylic acids is 1. The van der Waals surface area contributed by atoms with Crippen LogP contribution in [-0.4, -0.2) is 24.6 Å². The summed E-state index contributed by atoms with van der Waals surface area (Å²) < 4.78 is 5.76. The summed E-state index contributed by atoms with van der Waals surface area (Å²) in [6.45, 7) is 0.102. The first-order valence-electron chi connectivity index (χ1n) is 5.59. The first-order chi connectivity index (χ1) is 8.20. The van der Waals surface area contributed by atoms with E-state index in [2.05, 4.69) is 26.2 Å². The molecule has 1 saturated carbocycles. The van der Waals surface area contributed by atoms with Crippen LogP contribution in [0.1, 0.15) is 24.4 Å². The van der Waals surface area contributed by atoms with Gasteiger partial charge in [0.2, 0.25) is 5.91 Å². The molecular weight excluding hydrogens is 284 g/mol. The van der Waals surface area contributed by atoms with E-state index in [9.17, 15) is 4.79 Å². The van der Waals surface area contributed by atoms with Crippen LogP contribution in [0.4, 0.5) is 0 Å². The maximum absolute atomic E-state index is 11.6. The Balaban J connectivity index is 2.09. The second-order valence-electron chi connectivity index (χ2n) is 4.25. The molecule has 1 aromatic rings. The highest BCUT2D eigenvalue weighted by Crippen LogP contribution is 2.41. The van der Waals surface area contributed by atoms with Crippen molar-refractivity contribution in [1.82, 2.24) is 10.3 Å². The SMILES string of the molecule is COCC(=O)N[C@@H](c1cncc(Br)c1)C1CC1. The molecule has 1 amide bonds. The minimum absolute atomic E-state index is 0.0580. The highest BCUT2D eigenvalue weighted by atomic mass is 79.9. The molecule has 0 saturated heterocycles. The summed E-state index contributed by atoms with van der Waals surface area (Å²) in [5.41, 5.74) is 1.05. The molecule has 1 aliphatic carbocycles. The number of pyridine rings is 1. The standard InChI is InChI=1S/C12H15BrN2O2/c1-17-7-11(16)15-12(8-2-3-8)9-4-10(13)6-14-5-9/h4-6,8,12H,2-3,7H2,1H3,(H,15,16)/t12-/m1/s1. The van der Waals surface area contributed by atoms with E-state index in [1.165, 1.54) is 7.11 Å². The van der Waals surface area contributed by atoms with E-state index in [1.54, 1.807) is 12.4 Å². The van der Waals surface area contributed by atoms with Crippen molar-refractivity contribution < 1.29 is 9.53 Å². The molecule has 17 heavy (non-hydrogen) atoms. The number of aromatic nitrogens is 1. The van der Waals surface area contributed by atoms with E-state index >= 15 is 0 Å². The number of ether oxygens (including phenoxy) is 1. The zero-order chi connectivity index (χ0) is 12.3. The van der Waals surface area contributed by atoms with E-state index < -0.39 is 0 Å². The Morgan fingerprint density at radius 3 is 3.00 bits per heavy atom. The van der Waals surface area contributed by atoms with Gasteiger partial charge in [-0.3, -0.25) is 9.78 Å². The third kappa shape index (κ3) is 3.51. The van der Waals surface area contributed by atoms with E-state index in [4.69, 9.17) is 4.74 Å². The number of hydrogen-bond donors (Lipinski definition) is 1. The molecule has 4 nitrogen and oxygen atoms in total. The number of carbonyl (C=O) groups is 1. The molecule has 0 aromatic carbocycles. The Labute approximate surface area is 109 Å². The molecule has 1 heterocycles. The number of rotatable bonds is 5. The van der Waals surface area contributed by atoms with Gasteiger partial charge in [-0.05, 0) is 46.3 Å². The van der Waals surface area contributed by atoms with Crippen molar-refractivity contribution in [3.63, 3.8) is 0 Å². The summed E-state index contributed by atoms with van der Waals surface area (Å²) in [6, 6.07) is 2.06. The number of amides is 1. The Hall–Kier alpha value is -0.940. The van der Waals surface area contributed by atoms with Gasteiger partial charge < -0.3 is 10.1 Å². The predicted molar refractivity (Wildman–Crippen MR) is 67.4 cm³/mol. The predicted octanol–water partition coefficient (Wildman–Crippen LogP) is 2.06. The number of hydrogen-bond acceptors (Lipinski definition) is 3. The molecule has 1 fully saturated rings. The molecule has 0 spiro atoms. The minimum Gasteiger partial charge on any atom is -0.375 e. The Kier molecular flexibility index (Phi) is 4.12. The van der Waals surface area contributed by atoms with Crippen LogP contribution in [0.15, 0.2) is 22.9 Å². The van der Waals surface area contributed by atoms with Gasteiger partial charge in [0, 0.05) is 24.0 Å². The maximum atomic E-state index is 11.6. The van der Waals surface area contributed by atoms with Gasteiger partial charge in [-0.2, -0.15) is 0 Å². The Morgan fingerprint density at radius 2 is 2.41 bits per heavy atom. The first-order valence-corrected chi connectivity index (χ1v) is 6.38. The zero-order valence-corrected chi connectivity index (χ0v) is 11.2. The van der Waals surface area contributed by atoms with E-state index in [0.29, 0.717) is 5.92 Å². The van der Waals surface area contributed by atoms with Crippen LogP contribution in [0.5, 0.6) is 0 Å². The van der Waals surface area contributed by atoms with Gasteiger partial charge in [0.25, 0.3) is 0 Å². The molecule has 5 heteroatoms. The van der Waals surface area contributed by atoms with Crippen molar-refractivity contribution in [3.8, 4) is 0 Å². The van der Waals surface area contributed by atoms with E-state index in [-0.39, 0.29) is 18.6 Å². The molecule has 1 atom stereocenters. The van der Waals surface area contributed by atoms with E-state index in [1.807, 2.05) is 6.07 Å². The highest BCUT2D eigenvalue weighted by Gasteiger charge is 2.33. The highest BCUT2D eigenvalue weighted by molar-refractivity contribution is 9.10. The lowest BCUT2D eigenvalue weighted by Crippen LogP contribution is -2.32. The second-order valence-corrected chi connectivity index (χ2v) is 5.17. The lowest BCUT2D eigenvalue weighted by molar-refractivity contribution is -0.125. The summed E-state index contributed by atoms with van der Waals surface area (Å²) in [4.78, 5) is 15.7. The van der Waals surface area contributed by atoms with Crippen LogP contribution in [0.2, 0.25) is 0 Å². The maximum Gasteiger partial charge on any atom is 0.246 e. The molecule has 1 N–H and O–H groups in total. The quantitative estimate of drug-likeness (QED) is 0.905. The first kappa shape index (κ1) is 12.5. The average Bonchev–Trinajstić information content (AvgIpc) is 3.10. The fourth-order valence-electron chi connectivity index (χ4n) is 1.85. The molecule has 92 valence electrons. The van der Waals surface area contributed by atoms with Gasteiger partial charge in [-0.15, -0.1) is 0 Å². The summed E-state index contributed by atoms with van der Waals surface area (Å²) in [6.07, 6.45) is 5.86. The topological polar surface area (TPSA) is 51.2 Å². The number of methoxy groups -OCH3 is 1. The molecule has 0 bridgehead atoms. The van der Waals surface area contributed by atoms with Gasteiger partial charge in [-0.1, -0.05) is 0 Å². The fourth-order valence-corrected chi connectivity index (χ4v) is 2.23. The third-order valence-electron chi connectivity index (χ3n) is 2.77. The Bertz CT molecular complexity index is 407. The summed E-state index contributed by atoms with van der Waals surface area (Å²) in [5, 5.41) is 3.00. The van der Waals surface area contributed by atoms with Crippen molar-refractivity contribution in [1.29, 1.82) is 0 Å². The third-order valence-corrected chi connectivity index (χ3v) is 3.20. The van der Waals surface area contributed by atoms with Crippen LogP contribution in [0, 0.1) is 5.92 Å². The molecule has 2 rings (SSSR count). The zero-order valence-electron chi connectivity index (χ0n) is 9.65. The minimum atomic E-state index is -0.0793. The second kappa shape index (κ2) is 5.60. The van der Waals surface area contributed by atoms with Crippen LogP contribution in [0.3, 0.4) is 0 Å².